The van der Waals surface area contributed by atoms with Gasteiger partial charge in [0.25, 0.3) is 5.91 Å². The topological polar surface area (TPSA) is 50.6 Å². The maximum absolute atomic E-state index is 12.7. The average molecular weight is 444 g/mol. The molecule has 2 aromatic carbocycles. The highest BCUT2D eigenvalue weighted by Crippen LogP contribution is 2.23. The molecule has 0 saturated carbocycles. The van der Waals surface area contributed by atoms with Crippen molar-refractivity contribution >= 4 is 5.91 Å². The molecule has 0 aliphatic carbocycles. The van der Waals surface area contributed by atoms with E-state index in [4.69, 9.17) is 0 Å². The fourth-order valence-electron chi connectivity index (χ4n) is 3.74. The molecule has 4 rings (SSSR count). The lowest BCUT2D eigenvalue weighted by molar-refractivity contribution is -0.274. The third-order valence-corrected chi connectivity index (χ3v) is 5.40. The molecule has 168 valence electrons. The van der Waals surface area contributed by atoms with E-state index in [2.05, 4.69) is 19.2 Å². The van der Waals surface area contributed by atoms with E-state index < -0.39 is 6.36 Å². The Morgan fingerprint density at radius 3 is 2.28 bits per heavy atom. The lowest BCUT2D eigenvalue weighted by atomic mass is 10.1. The minimum atomic E-state index is -4.75. The van der Waals surface area contributed by atoms with Crippen molar-refractivity contribution in [2.24, 2.45) is 0 Å². The van der Waals surface area contributed by atoms with Crippen LogP contribution < -0.4 is 4.74 Å². The molecule has 0 bridgehead atoms. The molecule has 0 radical (unpaired) electrons. The maximum atomic E-state index is 12.7. The quantitative estimate of drug-likeness (QED) is 0.579. The minimum Gasteiger partial charge on any atom is -0.406 e. The van der Waals surface area contributed by atoms with Crippen LogP contribution in [0.3, 0.4) is 0 Å². The summed E-state index contributed by atoms with van der Waals surface area (Å²) in [6.07, 6.45) is -0.987. The first-order valence-electron chi connectivity index (χ1n) is 10.3. The number of rotatable bonds is 6. The summed E-state index contributed by atoms with van der Waals surface area (Å²) in [5.74, 6) is 0.398. The molecule has 3 aromatic rings. The van der Waals surface area contributed by atoms with Crippen molar-refractivity contribution in [2.45, 2.75) is 12.9 Å². The Morgan fingerprint density at radius 1 is 0.938 bits per heavy atom. The van der Waals surface area contributed by atoms with Crippen LogP contribution in [0, 0.1) is 0 Å². The number of piperazine rings is 1. The van der Waals surface area contributed by atoms with Gasteiger partial charge in [-0.15, -0.1) is 13.2 Å². The normalized spacial score (nSPS) is 15.0. The summed E-state index contributed by atoms with van der Waals surface area (Å²) < 4.78 is 42.8. The molecular formula is C23H23F3N4O2. The van der Waals surface area contributed by atoms with Crippen LogP contribution in [-0.2, 0) is 6.54 Å². The van der Waals surface area contributed by atoms with Gasteiger partial charge in [0.2, 0.25) is 0 Å². The SMILES string of the molecule is O=C(c1ccc(OC(F)(F)F)cc1)N1CCN(CCn2ccnc2-c2ccccc2)CC1. The van der Waals surface area contributed by atoms with E-state index in [0.717, 1.165) is 49.7 Å². The van der Waals surface area contributed by atoms with Crippen molar-refractivity contribution in [3.8, 4) is 17.1 Å². The largest absolute Gasteiger partial charge is 0.573 e. The molecular weight excluding hydrogens is 421 g/mol. The number of imidazole rings is 1. The number of aromatic nitrogens is 2. The molecule has 32 heavy (non-hydrogen) atoms. The number of nitrogens with zero attached hydrogens (tertiary/aromatic N) is 4. The van der Waals surface area contributed by atoms with Crippen molar-refractivity contribution < 1.29 is 22.7 Å². The van der Waals surface area contributed by atoms with Gasteiger partial charge < -0.3 is 14.2 Å². The summed E-state index contributed by atoms with van der Waals surface area (Å²) in [4.78, 5) is 21.2. The Bertz CT molecular complexity index is 1030. The van der Waals surface area contributed by atoms with Gasteiger partial charge >= 0.3 is 6.36 Å². The minimum absolute atomic E-state index is 0.191. The standard InChI is InChI=1S/C23H23F3N4O2/c24-23(25,26)32-20-8-6-19(7-9-20)22(31)30-16-13-28(14-17-30)12-15-29-11-10-27-21(29)18-4-2-1-3-5-18/h1-11H,12-17H2. The van der Waals surface area contributed by atoms with E-state index in [1.807, 2.05) is 36.5 Å². The van der Waals surface area contributed by atoms with Gasteiger partial charge in [0, 0.05) is 62.8 Å². The molecule has 6 nitrogen and oxygen atoms in total. The number of halogens is 3. The number of hydrogen-bond acceptors (Lipinski definition) is 4. The molecule has 1 amide bonds. The number of ether oxygens (including phenoxy) is 1. The second kappa shape index (κ2) is 9.44. The summed E-state index contributed by atoms with van der Waals surface area (Å²) in [6, 6.07) is 15.1. The first-order valence-corrected chi connectivity index (χ1v) is 10.3. The Kier molecular flexibility index (Phi) is 6.45. The summed E-state index contributed by atoms with van der Waals surface area (Å²) in [7, 11) is 0. The maximum Gasteiger partial charge on any atom is 0.573 e. The van der Waals surface area contributed by atoms with Crippen LogP contribution in [0.5, 0.6) is 5.75 Å². The second-order valence-electron chi connectivity index (χ2n) is 7.52. The monoisotopic (exact) mass is 444 g/mol. The summed E-state index contributed by atoms with van der Waals surface area (Å²) in [6.45, 7) is 4.22. The van der Waals surface area contributed by atoms with Gasteiger partial charge in [-0.25, -0.2) is 4.98 Å². The number of benzene rings is 2. The first kappa shape index (κ1) is 21.9. The van der Waals surface area contributed by atoms with E-state index in [1.165, 1.54) is 12.1 Å². The smallest absolute Gasteiger partial charge is 0.406 e. The van der Waals surface area contributed by atoms with Crippen molar-refractivity contribution in [3.05, 3.63) is 72.6 Å². The molecule has 1 aliphatic rings. The number of hydrogen-bond donors (Lipinski definition) is 0. The van der Waals surface area contributed by atoms with Crippen LogP contribution in [0.1, 0.15) is 10.4 Å². The zero-order chi connectivity index (χ0) is 22.6. The van der Waals surface area contributed by atoms with Gasteiger partial charge in [-0.2, -0.15) is 0 Å². The van der Waals surface area contributed by atoms with Crippen LogP contribution in [0.2, 0.25) is 0 Å². The molecule has 1 aromatic heterocycles. The zero-order valence-corrected chi connectivity index (χ0v) is 17.3. The number of carbonyl (C=O) groups is 1. The molecule has 1 fully saturated rings. The highest BCUT2D eigenvalue weighted by molar-refractivity contribution is 5.94. The predicted molar refractivity (Wildman–Crippen MR) is 113 cm³/mol. The number of amides is 1. The molecule has 0 spiro atoms. The Hall–Kier alpha value is -3.33. The molecule has 1 aliphatic heterocycles. The van der Waals surface area contributed by atoms with Gasteiger partial charge in [0.1, 0.15) is 11.6 Å². The van der Waals surface area contributed by atoms with Crippen LogP contribution in [-0.4, -0.2) is 64.3 Å². The average Bonchev–Trinajstić information content (AvgIpc) is 3.26. The van der Waals surface area contributed by atoms with Gasteiger partial charge in [-0.3, -0.25) is 9.69 Å². The third-order valence-electron chi connectivity index (χ3n) is 5.40. The van der Waals surface area contributed by atoms with Crippen LogP contribution in [0.25, 0.3) is 11.4 Å². The fraction of sp³-hybridized carbons (Fsp3) is 0.304. The van der Waals surface area contributed by atoms with Gasteiger partial charge in [0.05, 0.1) is 0 Å². The number of alkyl halides is 3. The second-order valence-corrected chi connectivity index (χ2v) is 7.52. The Labute approximate surface area is 183 Å². The van der Waals surface area contributed by atoms with E-state index in [9.17, 15) is 18.0 Å². The lowest BCUT2D eigenvalue weighted by Gasteiger charge is -2.35. The highest BCUT2D eigenvalue weighted by Gasteiger charge is 2.31. The highest BCUT2D eigenvalue weighted by atomic mass is 19.4. The Morgan fingerprint density at radius 2 is 1.62 bits per heavy atom. The van der Waals surface area contributed by atoms with E-state index >= 15 is 0 Å². The number of carbonyl (C=O) groups excluding carboxylic acids is 1. The predicted octanol–water partition coefficient (Wildman–Crippen LogP) is 3.91. The molecule has 9 heteroatoms. The molecule has 0 atom stereocenters. The van der Waals surface area contributed by atoms with Gasteiger partial charge in [0.15, 0.2) is 0 Å². The lowest BCUT2D eigenvalue weighted by Crippen LogP contribution is -2.49. The Balaban J connectivity index is 1.28. The van der Waals surface area contributed by atoms with Gasteiger partial charge in [-0.1, -0.05) is 30.3 Å². The molecule has 0 unspecified atom stereocenters. The van der Waals surface area contributed by atoms with Crippen LogP contribution in [0.4, 0.5) is 13.2 Å². The summed E-state index contributed by atoms with van der Waals surface area (Å²) in [5, 5.41) is 0. The fourth-order valence-corrected chi connectivity index (χ4v) is 3.74. The first-order chi connectivity index (χ1) is 15.4. The van der Waals surface area contributed by atoms with E-state index in [0.29, 0.717) is 18.7 Å². The summed E-state index contributed by atoms with van der Waals surface area (Å²) >= 11 is 0. The molecule has 0 N–H and O–H groups in total. The van der Waals surface area contributed by atoms with Crippen molar-refractivity contribution in [3.63, 3.8) is 0 Å². The third kappa shape index (κ3) is 5.47. The van der Waals surface area contributed by atoms with Crippen LogP contribution in [0.15, 0.2) is 67.0 Å². The van der Waals surface area contributed by atoms with Crippen molar-refractivity contribution in [2.75, 3.05) is 32.7 Å². The zero-order valence-electron chi connectivity index (χ0n) is 17.3. The van der Waals surface area contributed by atoms with Crippen molar-refractivity contribution in [1.82, 2.24) is 19.4 Å². The molecule has 1 saturated heterocycles. The van der Waals surface area contributed by atoms with Gasteiger partial charge in [-0.05, 0) is 24.3 Å². The summed E-state index contributed by atoms with van der Waals surface area (Å²) in [5.41, 5.74) is 1.42. The molecule has 2 heterocycles. The van der Waals surface area contributed by atoms with E-state index in [-0.39, 0.29) is 11.7 Å². The van der Waals surface area contributed by atoms with Crippen molar-refractivity contribution in [1.29, 1.82) is 0 Å². The van der Waals surface area contributed by atoms with Crippen LogP contribution >= 0.6 is 0 Å². The van der Waals surface area contributed by atoms with E-state index in [1.54, 1.807) is 11.1 Å².